The van der Waals surface area contributed by atoms with Crippen molar-refractivity contribution in [2.75, 3.05) is 26.2 Å². The molecule has 1 fully saturated rings. The topological polar surface area (TPSA) is 87.5 Å². The highest BCUT2D eigenvalue weighted by Gasteiger charge is 2.30. The van der Waals surface area contributed by atoms with Gasteiger partial charge >= 0.3 is 0 Å². The summed E-state index contributed by atoms with van der Waals surface area (Å²) in [6.45, 7) is 5.61. The minimum Gasteiger partial charge on any atom is -0.395 e. The van der Waals surface area contributed by atoms with Gasteiger partial charge in [-0.2, -0.15) is 4.31 Å². The lowest BCUT2D eigenvalue weighted by Crippen LogP contribution is -2.42. The van der Waals surface area contributed by atoms with Crippen LogP contribution in [-0.2, 0) is 16.6 Å². The zero-order chi connectivity index (χ0) is 15.5. The van der Waals surface area contributed by atoms with Gasteiger partial charge in [0.15, 0.2) is 5.03 Å². The molecule has 1 aliphatic rings. The Morgan fingerprint density at radius 2 is 2.33 bits per heavy atom. The molecule has 8 heteroatoms. The third-order valence-corrected chi connectivity index (χ3v) is 5.57. The third-order valence-electron chi connectivity index (χ3n) is 3.83. The zero-order valence-corrected chi connectivity index (χ0v) is 13.4. The molecule has 2 rings (SSSR count). The Kier molecular flexibility index (Phi) is 5.37. The molecule has 21 heavy (non-hydrogen) atoms. The number of aryl methyl sites for hydroxylation is 2. The Morgan fingerprint density at radius 3 is 2.86 bits per heavy atom. The van der Waals surface area contributed by atoms with Gasteiger partial charge in [-0.25, -0.2) is 13.4 Å². The molecule has 1 aromatic rings. The number of nitrogens with one attached hydrogen (secondary N) is 1. The largest absolute Gasteiger partial charge is 0.395 e. The molecule has 2 heterocycles. The summed E-state index contributed by atoms with van der Waals surface area (Å²) in [5.41, 5.74) is 0. The fourth-order valence-corrected chi connectivity index (χ4v) is 4.11. The predicted molar refractivity (Wildman–Crippen MR) is 79.5 cm³/mol. The highest BCUT2D eigenvalue weighted by molar-refractivity contribution is 7.89. The summed E-state index contributed by atoms with van der Waals surface area (Å²) in [4.78, 5) is 4.16. The Labute approximate surface area is 126 Å². The van der Waals surface area contributed by atoms with Crippen molar-refractivity contribution in [3.8, 4) is 0 Å². The average Bonchev–Trinajstić information content (AvgIpc) is 3.07. The van der Waals surface area contributed by atoms with Crippen LogP contribution in [0.2, 0.25) is 0 Å². The van der Waals surface area contributed by atoms with Crippen molar-refractivity contribution in [2.24, 2.45) is 0 Å². The van der Waals surface area contributed by atoms with Gasteiger partial charge in [0.2, 0.25) is 0 Å². The van der Waals surface area contributed by atoms with E-state index in [2.05, 4.69) is 10.3 Å². The molecule has 7 nitrogen and oxygen atoms in total. The van der Waals surface area contributed by atoms with Gasteiger partial charge in [0, 0.05) is 31.9 Å². The van der Waals surface area contributed by atoms with E-state index in [4.69, 9.17) is 0 Å². The molecular formula is C13H24N4O3S. The number of imidazole rings is 1. The van der Waals surface area contributed by atoms with E-state index in [-0.39, 0.29) is 24.2 Å². The first-order chi connectivity index (χ1) is 9.98. The van der Waals surface area contributed by atoms with Gasteiger partial charge in [0.1, 0.15) is 5.82 Å². The first-order valence-corrected chi connectivity index (χ1v) is 8.81. The maximum Gasteiger partial charge on any atom is 0.262 e. The minimum atomic E-state index is -3.66. The summed E-state index contributed by atoms with van der Waals surface area (Å²) in [5, 5.41) is 12.5. The van der Waals surface area contributed by atoms with E-state index in [1.54, 1.807) is 17.7 Å². The Morgan fingerprint density at radius 1 is 1.57 bits per heavy atom. The maximum absolute atomic E-state index is 12.7. The van der Waals surface area contributed by atoms with Crippen LogP contribution in [0.25, 0.3) is 0 Å². The molecule has 0 radical (unpaired) electrons. The van der Waals surface area contributed by atoms with Crippen molar-refractivity contribution in [3.63, 3.8) is 0 Å². The molecule has 0 aliphatic carbocycles. The number of aliphatic hydroxyl groups excluding tert-OH is 1. The number of hydrogen-bond donors (Lipinski definition) is 2. The van der Waals surface area contributed by atoms with Crippen LogP contribution in [-0.4, -0.2) is 59.7 Å². The van der Waals surface area contributed by atoms with Crippen LogP contribution in [0.1, 0.15) is 25.6 Å². The highest BCUT2D eigenvalue weighted by Crippen LogP contribution is 2.17. The van der Waals surface area contributed by atoms with Gasteiger partial charge in [-0.05, 0) is 33.2 Å². The van der Waals surface area contributed by atoms with Crippen molar-refractivity contribution < 1.29 is 13.5 Å². The first kappa shape index (κ1) is 16.4. The smallest absolute Gasteiger partial charge is 0.262 e. The maximum atomic E-state index is 12.7. The molecular weight excluding hydrogens is 292 g/mol. The number of aromatic nitrogens is 2. The van der Waals surface area contributed by atoms with Crippen LogP contribution in [0, 0.1) is 6.92 Å². The van der Waals surface area contributed by atoms with Crippen LogP contribution in [0.5, 0.6) is 0 Å². The summed E-state index contributed by atoms with van der Waals surface area (Å²) in [7, 11) is -3.66. The van der Waals surface area contributed by atoms with E-state index in [1.807, 2.05) is 6.92 Å². The third kappa shape index (κ3) is 3.63. The minimum absolute atomic E-state index is 0.0632. The van der Waals surface area contributed by atoms with Crippen LogP contribution in [0.15, 0.2) is 11.2 Å². The van der Waals surface area contributed by atoms with E-state index < -0.39 is 10.0 Å². The SMILES string of the molecule is CCn1cc(S(=O)(=O)N(CCO)CC2CCCN2)nc1C. The molecule has 0 amide bonds. The van der Waals surface area contributed by atoms with Gasteiger partial charge < -0.3 is 15.0 Å². The average molecular weight is 316 g/mol. The van der Waals surface area contributed by atoms with Crippen LogP contribution in [0.3, 0.4) is 0 Å². The molecule has 1 atom stereocenters. The van der Waals surface area contributed by atoms with Crippen LogP contribution < -0.4 is 5.32 Å². The van der Waals surface area contributed by atoms with Crippen LogP contribution in [0.4, 0.5) is 0 Å². The summed E-state index contributed by atoms with van der Waals surface area (Å²) in [6, 6.07) is 0.153. The normalized spacial score (nSPS) is 19.5. The summed E-state index contributed by atoms with van der Waals surface area (Å²) >= 11 is 0. The molecule has 0 spiro atoms. The molecule has 120 valence electrons. The number of aliphatic hydroxyl groups is 1. The van der Waals surface area contributed by atoms with Gasteiger partial charge in [-0.3, -0.25) is 0 Å². The van der Waals surface area contributed by atoms with Crippen molar-refractivity contribution >= 4 is 10.0 Å². The lowest BCUT2D eigenvalue weighted by Gasteiger charge is -2.23. The molecule has 0 aromatic carbocycles. The fourth-order valence-electron chi connectivity index (χ4n) is 2.64. The molecule has 2 N–H and O–H groups in total. The molecule has 1 saturated heterocycles. The van der Waals surface area contributed by atoms with Crippen molar-refractivity contribution in [1.82, 2.24) is 19.2 Å². The summed E-state index contributed by atoms with van der Waals surface area (Å²) < 4.78 is 28.5. The lowest BCUT2D eigenvalue weighted by molar-refractivity contribution is 0.246. The van der Waals surface area contributed by atoms with Gasteiger partial charge in [-0.1, -0.05) is 0 Å². The Balaban J connectivity index is 2.22. The molecule has 1 unspecified atom stereocenters. The Bertz CT molecular complexity index is 564. The Hall–Kier alpha value is -0.960. The summed E-state index contributed by atoms with van der Waals surface area (Å²) in [5.74, 6) is 0.680. The molecule has 0 saturated carbocycles. The zero-order valence-electron chi connectivity index (χ0n) is 12.6. The number of hydrogen-bond acceptors (Lipinski definition) is 5. The van der Waals surface area contributed by atoms with Crippen LogP contribution >= 0.6 is 0 Å². The second-order valence-electron chi connectivity index (χ2n) is 5.29. The van der Waals surface area contributed by atoms with Crippen molar-refractivity contribution in [2.45, 2.75) is 44.3 Å². The number of nitrogens with zero attached hydrogens (tertiary/aromatic N) is 3. The summed E-state index contributed by atoms with van der Waals surface area (Å²) in [6.07, 6.45) is 3.58. The highest BCUT2D eigenvalue weighted by atomic mass is 32.2. The lowest BCUT2D eigenvalue weighted by atomic mass is 10.2. The second kappa shape index (κ2) is 6.87. The molecule has 0 bridgehead atoms. The predicted octanol–water partition coefficient (Wildman–Crippen LogP) is -0.0536. The van der Waals surface area contributed by atoms with E-state index in [9.17, 15) is 13.5 Å². The quantitative estimate of drug-likeness (QED) is 0.736. The first-order valence-electron chi connectivity index (χ1n) is 7.37. The van der Waals surface area contributed by atoms with Crippen molar-refractivity contribution in [3.05, 3.63) is 12.0 Å². The molecule has 1 aliphatic heterocycles. The monoisotopic (exact) mass is 316 g/mol. The number of sulfonamides is 1. The van der Waals surface area contributed by atoms with Crippen molar-refractivity contribution in [1.29, 1.82) is 0 Å². The van der Waals surface area contributed by atoms with E-state index in [0.29, 0.717) is 18.9 Å². The molecule has 1 aromatic heterocycles. The second-order valence-corrected chi connectivity index (χ2v) is 7.18. The standard InChI is InChI=1S/C13H24N4O3S/c1-3-16-10-13(15-11(16)2)21(19,20)17(7-8-18)9-12-5-4-6-14-12/h10,12,14,18H,3-9H2,1-2H3. The van der Waals surface area contributed by atoms with E-state index in [1.165, 1.54) is 4.31 Å². The van der Waals surface area contributed by atoms with Gasteiger partial charge in [-0.15, -0.1) is 0 Å². The number of rotatable bonds is 7. The fraction of sp³-hybridized carbons (Fsp3) is 0.769. The van der Waals surface area contributed by atoms with Gasteiger partial charge in [0.25, 0.3) is 10.0 Å². The van der Waals surface area contributed by atoms with Gasteiger partial charge in [0.05, 0.1) is 6.61 Å². The van der Waals surface area contributed by atoms with E-state index >= 15 is 0 Å². The van der Waals surface area contributed by atoms with E-state index in [0.717, 1.165) is 19.4 Å².